The van der Waals surface area contributed by atoms with E-state index < -0.39 is 24.4 Å². The second kappa shape index (κ2) is 31.9. The Kier molecular flexibility index (Phi) is 31.5. The number of hydrogen-bond acceptors (Lipinski definition) is 5. The van der Waals surface area contributed by atoms with Crippen LogP contribution in [0.3, 0.4) is 0 Å². The Hall–Kier alpha value is -0.490. The smallest absolute Gasteiger partial charge is 0.145 e. The fourth-order valence-electron chi connectivity index (χ4n) is 6.23. The van der Waals surface area contributed by atoms with Crippen LogP contribution in [0, 0.1) is 5.92 Å². The van der Waals surface area contributed by atoms with Gasteiger partial charge in [-0.15, -0.1) is 0 Å². The lowest BCUT2D eigenvalue weighted by atomic mass is 9.88. The van der Waals surface area contributed by atoms with E-state index in [9.17, 15) is 20.1 Å². The van der Waals surface area contributed by atoms with Gasteiger partial charge in [0.1, 0.15) is 12.0 Å². The maximum Gasteiger partial charge on any atom is 0.145 e. The van der Waals surface area contributed by atoms with Gasteiger partial charge in [-0.2, -0.15) is 0 Å². The molecule has 0 aliphatic rings. The summed E-state index contributed by atoms with van der Waals surface area (Å²) in [5, 5.41) is 31.0. The van der Waals surface area contributed by atoms with Gasteiger partial charge >= 0.3 is 0 Å². The predicted molar refractivity (Wildman–Crippen MR) is 181 cm³/mol. The summed E-state index contributed by atoms with van der Waals surface area (Å²) >= 11 is 0. The lowest BCUT2D eigenvalue weighted by Crippen LogP contribution is -2.44. The average Bonchev–Trinajstić information content (AvgIpc) is 2.95. The lowest BCUT2D eigenvalue weighted by Gasteiger charge is -2.25. The highest BCUT2D eigenvalue weighted by Gasteiger charge is 2.32. The fourth-order valence-corrected chi connectivity index (χ4v) is 6.23. The first-order chi connectivity index (χ1) is 20.4. The molecule has 0 rings (SSSR count). The van der Waals surface area contributed by atoms with Crippen molar-refractivity contribution < 1.29 is 20.1 Å². The Morgan fingerprint density at radius 2 is 0.762 bits per heavy atom. The molecule has 0 bridgehead atoms. The summed E-state index contributed by atoms with van der Waals surface area (Å²) in [6.07, 6.45) is 32.4. The molecule has 0 amide bonds. The van der Waals surface area contributed by atoms with E-state index in [-0.39, 0.29) is 12.2 Å². The van der Waals surface area contributed by atoms with Crippen LogP contribution < -0.4 is 5.73 Å². The first kappa shape index (κ1) is 41.5. The zero-order valence-electron chi connectivity index (χ0n) is 28.3. The molecule has 5 heteroatoms. The third-order valence-electron chi connectivity index (χ3n) is 9.09. The molecule has 0 aromatic carbocycles. The van der Waals surface area contributed by atoms with Crippen molar-refractivity contribution >= 4 is 5.78 Å². The van der Waals surface area contributed by atoms with E-state index in [1.54, 1.807) is 0 Å². The SMILES string of the molecule is CCCCCCCCCCCCCCCCC(O)CC(=O)C(C(N)O)C(O)CCCCCCCCCCCCCCC. The van der Waals surface area contributed by atoms with E-state index in [4.69, 9.17) is 5.73 Å². The topological polar surface area (TPSA) is 104 Å². The van der Waals surface area contributed by atoms with Crippen molar-refractivity contribution in [1.82, 2.24) is 0 Å². The highest BCUT2D eigenvalue weighted by Crippen LogP contribution is 2.20. The second-order valence-corrected chi connectivity index (χ2v) is 13.3. The molecule has 4 unspecified atom stereocenters. The quantitative estimate of drug-likeness (QED) is 0.0436. The van der Waals surface area contributed by atoms with Crippen molar-refractivity contribution in [1.29, 1.82) is 0 Å². The fraction of sp³-hybridized carbons (Fsp3) is 0.973. The number of aliphatic hydroxyl groups excluding tert-OH is 3. The normalized spacial score (nSPS) is 14.6. The van der Waals surface area contributed by atoms with Gasteiger partial charge in [0.05, 0.1) is 18.1 Å². The van der Waals surface area contributed by atoms with Crippen LogP contribution in [0.25, 0.3) is 0 Å². The molecule has 0 aromatic heterocycles. The third-order valence-corrected chi connectivity index (χ3v) is 9.09. The van der Waals surface area contributed by atoms with Crippen LogP contribution in [-0.2, 0) is 4.79 Å². The molecule has 0 radical (unpaired) electrons. The van der Waals surface area contributed by atoms with E-state index >= 15 is 0 Å². The highest BCUT2D eigenvalue weighted by atomic mass is 16.3. The van der Waals surface area contributed by atoms with Gasteiger partial charge in [-0.3, -0.25) is 4.79 Å². The molecule has 5 N–H and O–H groups in total. The Labute approximate surface area is 262 Å². The molecule has 5 nitrogen and oxygen atoms in total. The van der Waals surface area contributed by atoms with Crippen LogP contribution >= 0.6 is 0 Å². The first-order valence-corrected chi connectivity index (χ1v) is 18.8. The predicted octanol–water partition coefficient (Wildman–Crippen LogP) is 9.91. The number of unbranched alkanes of at least 4 members (excludes halogenated alkanes) is 25. The van der Waals surface area contributed by atoms with Crippen LogP contribution in [0.1, 0.15) is 206 Å². The average molecular weight is 598 g/mol. The van der Waals surface area contributed by atoms with E-state index in [0.717, 1.165) is 32.1 Å². The molecule has 0 fully saturated rings. The van der Waals surface area contributed by atoms with Crippen LogP contribution in [0.4, 0.5) is 0 Å². The minimum Gasteiger partial charge on any atom is -0.393 e. The maximum atomic E-state index is 12.8. The molecule has 42 heavy (non-hydrogen) atoms. The second-order valence-electron chi connectivity index (χ2n) is 13.3. The number of ketones is 1. The van der Waals surface area contributed by atoms with E-state index in [2.05, 4.69) is 13.8 Å². The Bertz CT molecular complexity index is 556. The molecule has 0 aliphatic carbocycles. The van der Waals surface area contributed by atoms with Crippen LogP contribution in [0.5, 0.6) is 0 Å². The minimum atomic E-state index is -1.39. The standard InChI is InChI=1S/C37H75NO4/c1-3-5-7-9-11-13-15-17-19-20-22-24-26-28-30-33(39)32-35(41)36(37(38)42)34(40)31-29-27-25-23-21-18-16-14-12-10-8-6-4-2/h33-34,36-37,39-40,42H,3-32,38H2,1-2H3. The molecule has 0 aliphatic heterocycles. The molecule has 252 valence electrons. The minimum absolute atomic E-state index is 0.0347. The molecule has 0 saturated heterocycles. The van der Waals surface area contributed by atoms with Gasteiger partial charge in [-0.05, 0) is 12.8 Å². The number of rotatable bonds is 34. The number of carbonyl (C=O) groups is 1. The molecule has 0 saturated carbocycles. The van der Waals surface area contributed by atoms with E-state index in [1.807, 2.05) is 0 Å². The number of Topliss-reactive ketones (excluding diaryl/α,β-unsaturated/α-hetero) is 1. The summed E-state index contributed by atoms with van der Waals surface area (Å²) in [6, 6.07) is 0. The van der Waals surface area contributed by atoms with Crippen LogP contribution in [0.15, 0.2) is 0 Å². The van der Waals surface area contributed by atoms with Crippen molar-refractivity contribution in [3.05, 3.63) is 0 Å². The van der Waals surface area contributed by atoms with Gasteiger partial charge in [-0.25, -0.2) is 0 Å². The van der Waals surface area contributed by atoms with Gasteiger partial charge in [-0.1, -0.05) is 187 Å². The van der Waals surface area contributed by atoms with Gasteiger partial charge in [0.2, 0.25) is 0 Å². The Morgan fingerprint density at radius 1 is 0.476 bits per heavy atom. The molecular weight excluding hydrogens is 522 g/mol. The maximum absolute atomic E-state index is 12.8. The highest BCUT2D eigenvalue weighted by molar-refractivity contribution is 5.82. The Balaban J connectivity index is 3.79. The monoisotopic (exact) mass is 598 g/mol. The largest absolute Gasteiger partial charge is 0.393 e. The van der Waals surface area contributed by atoms with Gasteiger partial charge in [0.15, 0.2) is 0 Å². The number of aliphatic hydroxyl groups is 3. The summed E-state index contributed by atoms with van der Waals surface area (Å²) in [6.45, 7) is 4.52. The molecule has 0 spiro atoms. The van der Waals surface area contributed by atoms with Gasteiger partial charge < -0.3 is 21.1 Å². The van der Waals surface area contributed by atoms with Gasteiger partial charge in [0, 0.05) is 6.42 Å². The molecular formula is C37H75NO4. The molecule has 0 heterocycles. The van der Waals surface area contributed by atoms with E-state index in [1.165, 1.54) is 141 Å². The summed E-state index contributed by atoms with van der Waals surface area (Å²) in [5.41, 5.74) is 5.68. The van der Waals surface area contributed by atoms with Crippen LogP contribution in [0.2, 0.25) is 0 Å². The van der Waals surface area contributed by atoms with Crippen molar-refractivity contribution in [3.63, 3.8) is 0 Å². The summed E-state index contributed by atoms with van der Waals surface area (Å²) in [4.78, 5) is 12.8. The molecule has 4 atom stereocenters. The summed E-state index contributed by atoms with van der Waals surface area (Å²) in [7, 11) is 0. The number of hydrogen-bond donors (Lipinski definition) is 4. The van der Waals surface area contributed by atoms with Crippen molar-refractivity contribution in [2.24, 2.45) is 11.7 Å². The molecule has 0 aromatic rings. The van der Waals surface area contributed by atoms with Crippen molar-refractivity contribution in [2.75, 3.05) is 0 Å². The zero-order valence-corrected chi connectivity index (χ0v) is 28.3. The van der Waals surface area contributed by atoms with E-state index in [0.29, 0.717) is 12.8 Å². The number of carbonyl (C=O) groups excluding carboxylic acids is 1. The summed E-state index contributed by atoms with van der Waals surface area (Å²) in [5.74, 6) is -1.32. The number of nitrogens with two attached hydrogens (primary N) is 1. The third kappa shape index (κ3) is 27.1. The van der Waals surface area contributed by atoms with Crippen LogP contribution in [-0.4, -0.2) is 39.5 Å². The Morgan fingerprint density at radius 3 is 1.07 bits per heavy atom. The van der Waals surface area contributed by atoms with Crippen molar-refractivity contribution in [2.45, 2.75) is 225 Å². The summed E-state index contributed by atoms with van der Waals surface area (Å²) < 4.78 is 0. The van der Waals surface area contributed by atoms with Crippen molar-refractivity contribution in [3.8, 4) is 0 Å². The lowest BCUT2D eigenvalue weighted by molar-refractivity contribution is -0.133. The zero-order chi connectivity index (χ0) is 31.1. The van der Waals surface area contributed by atoms with Gasteiger partial charge in [0.25, 0.3) is 0 Å². The first-order valence-electron chi connectivity index (χ1n) is 18.8.